The van der Waals surface area contributed by atoms with Crippen LogP contribution >= 0.6 is 0 Å². The highest BCUT2D eigenvalue weighted by molar-refractivity contribution is 5.93. The molecule has 0 aromatic carbocycles. The van der Waals surface area contributed by atoms with E-state index in [1.54, 1.807) is 25.7 Å². The average Bonchev–Trinajstić information content (AvgIpc) is 3.38. The molecule has 3 heterocycles. The van der Waals surface area contributed by atoms with Crippen LogP contribution in [0.4, 0.5) is 0 Å². The minimum absolute atomic E-state index is 0.119. The monoisotopic (exact) mass is 377 g/mol. The molecule has 2 aliphatic rings. The van der Waals surface area contributed by atoms with E-state index in [0.717, 1.165) is 65.3 Å². The van der Waals surface area contributed by atoms with Crippen molar-refractivity contribution in [1.29, 1.82) is 0 Å². The number of ether oxygens (including phenoxy) is 1. The number of likely N-dealkylation sites (N-methyl/N-ethyl adjacent to an activating group) is 1. The first kappa shape index (κ1) is 20.4. The molecule has 3 rings (SSSR count). The number of carbonyl (C=O) groups is 1. The van der Waals surface area contributed by atoms with Gasteiger partial charge < -0.3 is 19.0 Å². The number of methoxy groups -OCH3 is 1. The van der Waals surface area contributed by atoms with E-state index in [1.165, 1.54) is 12.8 Å². The summed E-state index contributed by atoms with van der Waals surface area (Å²) < 4.78 is 10.4. The van der Waals surface area contributed by atoms with E-state index in [4.69, 9.17) is 9.15 Å². The Labute approximate surface area is 163 Å². The van der Waals surface area contributed by atoms with Crippen molar-refractivity contribution in [1.82, 2.24) is 14.7 Å². The molecule has 152 valence electrons. The molecular weight excluding hydrogens is 342 g/mol. The minimum Gasteiger partial charge on any atom is -0.472 e. The molecule has 1 unspecified atom stereocenters. The zero-order chi connectivity index (χ0) is 19.1. The van der Waals surface area contributed by atoms with Crippen molar-refractivity contribution in [3.63, 3.8) is 0 Å². The lowest BCUT2D eigenvalue weighted by Gasteiger charge is -2.36. The summed E-state index contributed by atoms with van der Waals surface area (Å²) in [6, 6.07) is 2.28. The second-order valence-corrected chi connectivity index (χ2v) is 7.92. The van der Waals surface area contributed by atoms with Crippen molar-refractivity contribution in [3.8, 4) is 0 Å². The summed E-state index contributed by atoms with van der Waals surface area (Å²) in [5, 5.41) is 0. The smallest absolute Gasteiger partial charge is 0.257 e. The molecule has 1 aromatic rings. The predicted octanol–water partition coefficient (Wildman–Crippen LogP) is 2.56. The van der Waals surface area contributed by atoms with Crippen LogP contribution in [-0.4, -0.2) is 86.2 Å². The highest BCUT2D eigenvalue weighted by Crippen LogP contribution is 2.23. The van der Waals surface area contributed by atoms with Gasteiger partial charge in [0.25, 0.3) is 5.91 Å². The normalized spacial score (nSPS) is 22.4. The molecule has 0 saturated carbocycles. The molecule has 0 aliphatic carbocycles. The van der Waals surface area contributed by atoms with Crippen LogP contribution in [0.3, 0.4) is 0 Å². The second kappa shape index (κ2) is 10.2. The van der Waals surface area contributed by atoms with Gasteiger partial charge in [-0.05, 0) is 63.8 Å². The Kier molecular flexibility index (Phi) is 7.73. The molecule has 6 heteroatoms. The fourth-order valence-electron chi connectivity index (χ4n) is 4.51. The molecule has 1 atom stereocenters. The van der Waals surface area contributed by atoms with Gasteiger partial charge >= 0.3 is 0 Å². The second-order valence-electron chi connectivity index (χ2n) is 7.92. The fourth-order valence-corrected chi connectivity index (χ4v) is 4.51. The molecule has 0 bridgehead atoms. The summed E-state index contributed by atoms with van der Waals surface area (Å²) in [4.78, 5) is 20.2. The Morgan fingerprint density at radius 2 is 2.07 bits per heavy atom. The van der Waals surface area contributed by atoms with E-state index < -0.39 is 0 Å². The van der Waals surface area contributed by atoms with Gasteiger partial charge in [0.15, 0.2) is 0 Å². The zero-order valence-electron chi connectivity index (χ0n) is 16.9. The summed E-state index contributed by atoms with van der Waals surface area (Å²) in [6.45, 7) is 10.1. The van der Waals surface area contributed by atoms with E-state index in [0.29, 0.717) is 17.5 Å². The third-order valence-corrected chi connectivity index (χ3v) is 6.19. The number of nitrogens with zero attached hydrogens (tertiary/aromatic N) is 3. The zero-order valence-corrected chi connectivity index (χ0v) is 16.9. The third-order valence-electron chi connectivity index (χ3n) is 6.19. The first-order valence-corrected chi connectivity index (χ1v) is 10.5. The lowest BCUT2D eigenvalue weighted by molar-refractivity contribution is 0.0616. The summed E-state index contributed by atoms with van der Waals surface area (Å²) in [7, 11) is 1.76. The van der Waals surface area contributed by atoms with Gasteiger partial charge in [0.05, 0.1) is 18.4 Å². The summed E-state index contributed by atoms with van der Waals surface area (Å²) in [6.07, 6.45) is 7.91. The van der Waals surface area contributed by atoms with E-state index in [1.807, 2.05) is 0 Å². The van der Waals surface area contributed by atoms with Crippen LogP contribution in [0.15, 0.2) is 23.0 Å². The van der Waals surface area contributed by atoms with Crippen LogP contribution in [0.25, 0.3) is 0 Å². The number of hydrogen-bond donors (Lipinski definition) is 0. The molecule has 27 heavy (non-hydrogen) atoms. The highest BCUT2D eigenvalue weighted by Gasteiger charge is 2.30. The molecular formula is C21H35N3O3. The number of amides is 1. The number of hydrogen-bond acceptors (Lipinski definition) is 5. The molecule has 1 aromatic heterocycles. The number of rotatable bonds is 9. The number of piperidine rings is 1. The van der Waals surface area contributed by atoms with Crippen LogP contribution in [-0.2, 0) is 4.74 Å². The van der Waals surface area contributed by atoms with Crippen molar-refractivity contribution < 1.29 is 13.9 Å². The maximum Gasteiger partial charge on any atom is 0.257 e. The van der Waals surface area contributed by atoms with E-state index in [-0.39, 0.29) is 5.91 Å². The maximum absolute atomic E-state index is 13.1. The molecule has 0 radical (unpaired) electrons. The Morgan fingerprint density at radius 1 is 1.26 bits per heavy atom. The van der Waals surface area contributed by atoms with Gasteiger partial charge in [-0.2, -0.15) is 0 Å². The lowest BCUT2D eigenvalue weighted by atomic mass is 9.95. The van der Waals surface area contributed by atoms with Crippen LogP contribution < -0.4 is 0 Å². The molecule has 2 fully saturated rings. The Hall–Kier alpha value is -1.37. The fraction of sp³-hybridized carbons (Fsp3) is 0.762. The van der Waals surface area contributed by atoms with Gasteiger partial charge in [0.1, 0.15) is 6.26 Å². The Morgan fingerprint density at radius 3 is 2.74 bits per heavy atom. The van der Waals surface area contributed by atoms with Gasteiger partial charge in [-0.3, -0.25) is 9.69 Å². The Bertz CT molecular complexity index is 555. The number of furan rings is 1. The third kappa shape index (κ3) is 5.56. The van der Waals surface area contributed by atoms with Crippen LogP contribution in [0.2, 0.25) is 0 Å². The largest absolute Gasteiger partial charge is 0.472 e. The Balaban J connectivity index is 1.59. The van der Waals surface area contributed by atoms with E-state index >= 15 is 0 Å². The standard InChI is InChI=1S/C21H35N3O3/c1-3-23-9-4-5-20(23)16-24(21(25)19-8-13-27-17-19)15-18-6-10-22(11-7-18)12-14-26-2/h8,13,17-18,20H,3-7,9-12,14-16H2,1-2H3. The van der Waals surface area contributed by atoms with Crippen molar-refractivity contribution >= 4 is 5.91 Å². The summed E-state index contributed by atoms with van der Waals surface area (Å²) in [5.74, 6) is 0.699. The minimum atomic E-state index is 0.119. The number of carbonyl (C=O) groups excluding carboxylic acids is 1. The van der Waals surface area contributed by atoms with Gasteiger partial charge in [-0.15, -0.1) is 0 Å². The highest BCUT2D eigenvalue weighted by atomic mass is 16.5. The average molecular weight is 378 g/mol. The van der Waals surface area contributed by atoms with Crippen molar-refractivity contribution in [3.05, 3.63) is 24.2 Å². The lowest BCUT2D eigenvalue weighted by Crippen LogP contribution is -2.46. The van der Waals surface area contributed by atoms with Crippen molar-refractivity contribution in [2.75, 3.05) is 59.5 Å². The summed E-state index contributed by atoms with van der Waals surface area (Å²) in [5.41, 5.74) is 0.675. The molecule has 1 amide bonds. The molecule has 0 spiro atoms. The molecule has 0 N–H and O–H groups in total. The van der Waals surface area contributed by atoms with Gasteiger partial charge in [-0.1, -0.05) is 6.92 Å². The topological polar surface area (TPSA) is 49.2 Å². The van der Waals surface area contributed by atoms with Gasteiger partial charge in [0, 0.05) is 32.8 Å². The summed E-state index contributed by atoms with van der Waals surface area (Å²) >= 11 is 0. The number of likely N-dealkylation sites (tertiary alicyclic amines) is 2. The van der Waals surface area contributed by atoms with E-state index in [2.05, 4.69) is 21.6 Å². The van der Waals surface area contributed by atoms with Crippen molar-refractivity contribution in [2.24, 2.45) is 5.92 Å². The van der Waals surface area contributed by atoms with Crippen molar-refractivity contribution in [2.45, 2.75) is 38.6 Å². The first-order valence-electron chi connectivity index (χ1n) is 10.5. The quantitative estimate of drug-likeness (QED) is 0.662. The molecule has 6 nitrogen and oxygen atoms in total. The van der Waals surface area contributed by atoms with Crippen LogP contribution in [0.1, 0.15) is 43.0 Å². The molecule has 2 aliphatic heterocycles. The van der Waals surface area contributed by atoms with Gasteiger partial charge in [-0.25, -0.2) is 0 Å². The van der Waals surface area contributed by atoms with Crippen LogP contribution in [0, 0.1) is 5.92 Å². The van der Waals surface area contributed by atoms with Crippen LogP contribution in [0.5, 0.6) is 0 Å². The maximum atomic E-state index is 13.1. The van der Waals surface area contributed by atoms with Gasteiger partial charge in [0.2, 0.25) is 0 Å². The SMILES string of the molecule is CCN1CCCC1CN(CC1CCN(CCOC)CC1)C(=O)c1ccoc1. The predicted molar refractivity (Wildman–Crippen MR) is 106 cm³/mol. The van der Waals surface area contributed by atoms with E-state index in [9.17, 15) is 4.79 Å². The first-order chi connectivity index (χ1) is 13.2. The molecule has 2 saturated heterocycles.